The van der Waals surface area contributed by atoms with Crippen molar-refractivity contribution in [3.05, 3.63) is 113 Å². The minimum absolute atomic E-state index is 0.0481. The molecular weight excluding hydrogens is 416 g/mol. The Morgan fingerprint density at radius 2 is 1.24 bits per heavy atom. The molecule has 0 spiro atoms. The monoisotopic (exact) mass is 438 g/mol. The molecule has 0 aromatic heterocycles. The van der Waals surface area contributed by atoms with E-state index >= 15 is 0 Å². The Bertz CT molecular complexity index is 1350. The average molecular weight is 438 g/mol. The standard InChI is InChI=1S/C28H22O5/c29-19-8-6-17(7-9-19)27-26(18-11-20(30)13-21(31)12-18)23(10-16-4-2-1-3-5-16)24-14-22(32)15-25(33)28(24)27/h1-9,11-15,27,29-33H,10H2. The third-order valence-electron chi connectivity index (χ3n) is 6.03. The molecule has 5 nitrogen and oxygen atoms in total. The number of benzene rings is 4. The van der Waals surface area contributed by atoms with Gasteiger partial charge >= 0.3 is 0 Å². The first-order chi connectivity index (χ1) is 15.9. The Balaban J connectivity index is 1.83. The van der Waals surface area contributed by atoms with Crippen LogP contribution in [0.1, 0.15) is 33.7 Å². The van der Waals surface area contributed by atoms with Crippen LogP contribution in [0.2, 0.25) is 0 Å². The summed E-state index contributed by atoms with van der Waals surface area (Å²) in [6.07, 6.45) is 0.511. The SMILES string of the molecule is Oc1ccc(C2C(c3cc(O)cc(O)c3)=C(Cc3ccccc3)c3cc(O)cc(O)c32)cc1. The van der Waals surface area contributed by atoms with Crippen molar-refractivity contribution < 1.29 is 25.5 Å². The van der Waals surface area contributed by atoms with Crippen molar-refractivity contribution in [3.8, 4) is 28.7 Å². The summed E-state index contributed by atoms with van der Waals surface area (Å²) in [5.74, 6) is -0.583. The first-order valence-electron chi connectivity index (χ1n) is 10.6. The minimum atomic E-state index is -0.443. The van der Waals surface area contributed by atoms with E-state index in [9.17, 15) is 25.5 Å². The third kappa shape index (κ3) is 3.74. The Kier molecular flexibility index (Phi) is 4.94. The molecule has 0 saturated carbocycles. The summed E-state index contributed by atoms with van der Waals surface area (Å²) in [4.78, 5) is 0. The van der Waals surface area contributed by atoms with Crippen LogP contribution >= 0.6 is 0 Å². The lowest BCUT2D eigenvalue weighted by molar-refractivity contribution is 0.446. The molecule has 1 aliphatic rings. The van der Waals surface area contributed by atoms with Gasteiger partial charge in [0.2, 0.25) is 0 Å². The zero-order valence-electron chi connectivity index (χ0n) is 17.6. The van der Waals surface area contributed by atoms with Crippen LogP contribution in [-0.2, 0) is 6.42 Å². The summed E-state index contributed by atoms with van der Waals surface area (Å²) in [6.45, 7) is 0. The summed E-state index contributed by atoms with van der Waals surface area (Å²) >= 11 is 0. The Hall–Kier alpha value is -4.38. The summed E-state index contributed by atoms with van der Waals surface area (Å²) < 4.78 is 0. The van der Waals surface area contributed by atoms with Crippen LogP contribution < -0.4 is 0 Å². The molecule has 0 aliphatic heterocycles. The summed E-state index contributed by atoms with van der Waals surface area (Å²) in [5.41, 5.74) is 5.45. The molecule has 0 saturated heterocycles. The van der Waals surface area contributed by atoms with Gasteiger partial charge in [-0.05, 0) is 70.2 Å². The fraction of sp³-hybridized carbons (Fsp3) is 0.0714. The van der Waals surface area contributed by atoms with E-state index in [4.69, 9.17) is 0 Å². The fourth-order valence-electron chi connectivity index (χ4n) is 4.72. The first-order valence-corrected chi connectivity index (χ1v) is 10.6. The van der Waals surface area contributed by atoms with Gasteiger partial charge in [0.25, 0.3) is 0 Å². The van der Waals surface area contributed by atoms with Gasteiger partial charge in [0.05, 0.1) is 0 Å². The lowest BCUT2D eigenvalue weighted by atomic mass is 9.84. The molecule has 5 rings (SSSR count). The topological polar surface area (TPSA) is 101 Å². The highest BCUT2D eigenvalue weighted by Crippen LogP contribution is 2.55. The molecule has 0 radical (unpaired) electrons. The largest absolute Gasteiger partial charge is 0.508 e. The quantitative estimate of drug-likeness (QED) is 0.289. The molecule has 5 heteroatoms. The lowest BCUT2D eigenvalue weighted by Crippen LogP contribution is -2.02. The second kappa shape index (κ2) is 7.95. The molecule has 164 valence electrons. The van der Waals surface area contributed by atoms with Crippen molar-refractivity contribution in [2.24, 2.45) is 0 Å². The second-order valence-corrected chi connectivity index (χ2v) is 8.24. The van der Waals surface area contributed by atoms with Gasteiger partial charge in [-0.25, -0.2) is 0 Å². The summed E-state index contributed by atoms with van der Waals surface area (Å²) in [5, 5.41) is 51.5. The molecule has 0 amide bonds. The van der Waals surface area contributed by atoms with Gasteiger partial charge in [0.1, 0.15) is 28.7 Å². The molecule has 0 bridgehead atoms. The van der Waals surface area contributed by atoms with Crippen molar-refractivity contribution in [3.63, 3.8) is 0 Å². The third-order valence-corrected chi connectivity index (χ3v) is 6.03. The van der Waals surface area contributed by atoms with E-state index in [-0.39, 0.29) is 28.7 Å². The number of aromatic hydroxyl groups is 5. The highest BCUT2D eigenvalue weighted by atomic mass is 16.3. The van der Waals surface area contributed by atoms with Gasteiger partial charge < -0.3 is 25.5 Å². The smallest absolute Gasteiger partial charge is 0.124 e. The van der Waals surface area contributed by atoms with E-state index < -0.39 is 5.92 Å². The van der Waals surface area contributed by atoms with Crippen molar-refractivity contribution in [1.29, 1.82) is 0 Å². The number of phenolic OH excluding ortho intramolecular Hbond substituents is 5. The first kappa shape index (κ1) is 20.5. The molecule has 1 atom stereocenters. The number of fused-ring (bicyclic) bond motifs is 1. The van der Waals surface area contributed by atoms with Crippen LogP contribution in [0.4, 0.5) is 0 Å². The van der Waals surface area contributed by atoms with E-state index in [0.717, 1.165) is 22.3 Å². The lowest BCUT2D eigenvalue weighted by Gasteiger charge is -2.20. The van der Waals surface area contributed by atoms with E-state index in [0.29, 0.717) is 23.1 Å². The molecular formula is C28H22O5. The van der Waals surface area contributed by atoms with Crippen molar-refractivity contribution >= 4 is 11.1 Å². The van der Waals surface area contributed by atoms with Gasteiger partial charge in [-0.3, -0.25) is 0 Å². The van der Waals surface area contributed by atoms with Crippen LogP contribution in [0.25, 0.3) is 11.1 Å². The highest BCUT2D eigenvalue weighted by Gasteiger charge is 2.36. The second-order valence-electron chi connectivity index (χ2n) is 8.24. The normalized spacial score (nSPS) is 15.0. The average Bonchev–Trinajstić information content (AvgIpc) is 3.08. The number of hydrogen-bond donors (Lipinski definition) is 5. The number of allylic oxidation sites excluding steroid dienone is 2. The Morgan fingerprint density at radius 3 is 1.91 bits per heavy atom. The molecule has 0 fully saturated rings. The maximum absolute atomic E-state index is 10.9. The number of rotatable bonds is 4. The predicted octanol–water partition coefficient (Wildman–Crippen LogP) is 5.51. The summed E-state index contributed by atoms with van der Waals surface area (Å²) in [7, 11) is 0. The zero-order valence-corrected chi connectivity index (χ0v) is 17.6. The zero-order chi connectivity index (χ0) is 23.1. The van der Waals surface area contributed by atoms with Crippen LogP contribution in [0.15, 0.2) is 84.9 Å². The molecule has 1 unspecified atom stereocenters. The Labute approximate surface area is 190 Å². The summed E-state index contributed by atoms with van der Waals surface area (Å²) in [6, 6.07) is 23.9. The molecule has 4 aromatic rings. The van der Waals surface area contributed by atoms with Crippen LogP contribution in [0.5, 0.6) is 28.7 Å². The molecule has 0 heterocycles. The predicted molar refractivity (Wildman–Crippen MR) is 126 cm³/mol. The van der Waals surface area contributed by atoms with Gasteiger partial charge in [-0.1, -0.05) is 42.5 Å². The van der Waals surface area contributed by atoms with E-state index in [2.05, 4.69) is 0 Å². The number of hydrogen-bond acceptors (Lipinski definition) is 5. The van der Waals surface area contributed by atoms with E-state index in [1.54, 1.807) is 42.5 Å². The maximum atomic E-state index is 10.9. The van der Waals surface area contributed by atoms with Crippen LogP contribution in [0.3, 0.4) is 0 Å². The van der Waals surface area contributed by atoms with Crippen molar-refractivity contribution in [2.45, 2.75) is 12.3 Å². The van der Waals surface area contributed by atoms with Gasteiger partial charge in [0.15, 0.2) is 0 Å². The van der Waals surface area contributed by atoms with Crippen LogP contribution in [-0.4, -0.2) is 25.5 Å². The van der Waals surface area contributed by atoms with Gasteiger partial charge in [-0.15, -0.1) is 0 Å². The van der Waals surface area contributed by atoms with E-state index in [1.165, 1.54) is 12.1 Å². The highest BCUT2D eigenvalue weighted by molar-refractivity contribution is 6.03. The minimum Gasteiger partial charge on any atom is -0.508 e. The van der Waals surface area contributed by atoms with Crippen molar-refractivity contribution in [1.82, 2.24) is 0 Å². The van der Waals surface area contributed by atoms with Crippen LogP contribution in [0, 0.1) is 0 Å². The fourth-order valence-corrected chi connectivity index (χ4v) is 4.72. The molecule has 1 aliphatic carbocycles. The number of phenols is 5. The van der Waals surface area contributed by atoms with Crippen molar-refractivity contribution in [2.75, 3.05) is 0 Å². The Morgan fingerprint density at radius 1 is 0.606 bits per heavy atom. The molecule has 4 aromatic carbocycles. The maximum Gasteiger partial charge on any atom is 0.124 e. The molecule has 33 heavy (non-hydrogen) atoms. The molecule has 5 N–H and O–H groups in total. The van der Waals surface area contributed by atoms with E-state index in [1.807, 2.05) is 30.3 Å². The van der Waals surface area contributed by atoms with Gasteiger partial charge in [0, 0.05) is 23.6 Å². The van der Waals surface area contributed by atoms with Gasteiger partial charge in [-0.2, -0.15) is 0 Å².